The molecule has 0 aromatic rings. The highest BCUT2D eigenvalue weighted by atomic mass is 16.5. The Morgan fingerprint density at radius 2 is 2.40 bits per heavy atom. The molecule has 0 fully saturated rings. The lowest BCUT2D eigenvalue weighted by Gasteiger charge is -1.98. The molecule has 0 unspecified atom stereocenters. The van der Waals surface area contributed by atoms with Gasteiger partial charge in [-0.05, 0) is 12.5 Å². The van der Waals surface area contributed by atoms with E-state index in [1.165, 1.54) is 0 Å². The molecule has 0 aromatic heterocycles. The first-order valence-electron chi connectivity index (χ1n) is 2.96. The van der Waals surface area contributed by atoms with Gasteiger partial charge in [0.25, 0.3) is 0 Å². The van der Waals surface area contributed by atoms with Crippen LogP contribution in [0.4, 0.5) is 0 Å². The summed E-state index contributed by atoms with van der Waals surface area (Å²) in [5, 5.41) is 3.21. The van der Waals surface area contributed by atoms with E-state index in [2.05, 4.69) is 15.0 Å². The van der Waals surface area contributed by atoms with Gasteiger partial charge in [0.05, 0.1) is 6.61 Å². The summed E-state index contributed by atoms with van der Waals surface area (Å²) in [7, 11) is 0. The highest BCUT2D eigenvalue weighted by Crippen LogP contribution is 1.82. The van der Waals surface area contributed by atoms with Crippen molar-refractivity contribution in [3.63, 3.8) is 0 Å². The summed E-state index contributed by atoms with van der Waals surface area (Å²) in [4.78, 5) is 6.31. The van der Waals surface area contributed by atoms with Gasteiger partial charge < -0.3 is 4.74 Å². The van der Waals surface area contributed by atoms with Gasteiger partial charge in [0.1, 0.15) is 6.67 Å². The minimum atomic E-state index is 0.113. The van der Waals surface area contributed by atoms with Crippen LogP contribution in [-0.2, 0) is 4.74 Å². The van der Waals surface area contributed by atoms with E-state index < -0.39 is 0 Å². The van der Waals surface area contributed by atoms with E-state index in [9.17, 15) is 0 Å². The molecule has 5 nitrogen and oxygen atoms in total. The van der Waals surface area contributed by atoms with Gasteiger partial charge in [-0.15, -0.1) is 0 Å². The Kier molecular flexibility index (Phi) is 5.19. The molecule has 0 spiro atoms. The summed E-state index contributed by atoms with van der Waals surface area (Å²) >= 11 is 0. The number of hydrogen-bond acceptors (Lipinski definition) is 3. The van der Waals surface area contributed by atoms with Crippen LogP contribution >= 0.6 is 0 Å². The second kappa shape index (κ2) is 5.91. The third-order valence-corrected chi connectivity index (χ3v) is 0.773. The van der Waals surface area contributed by atoms with E-state index in [0.717, 1.165) is 0 Å². The average molecular weight is 142 g/mol. The number of azide groups is 1. The predicted molar refractivity (Wildman–Crippen MR) is 38.7 cm³/mol. The summed E-state index contributed by atoms with van der Waals surface area (Å²) in [5.74, 6) is 0.551. The standard InChI is InChI=1S/C5H10N4O/c1-3-10-5(2)7-4-8-9-6/h3-4H2,1-2H3. The molecule has 10 heavy (non-hydrogen) atoms. The molecule has 0 radical (unpaired) electrons. The van der Waals surface area contributed by atoms with Crippen molar-refractivity contribution in [1.82, 2.24) is 0 Å². The van der Waals surface area contributed by atoms with E-state index in [-0.39, 0.29) is 6.67 Å². The minimum Gasteiger partial charge on any atom is -0.481 e. The number of nitrogens with zero attached hydrogens (tertiary/aromatic N) is 4. The zero-order valence-corrected chi connectivity index (χ0v) is 6.11. The summed E-state index contributed by atoms with van der Waals surface area (Å²) in [6, 6.07) is 0. The first-order valence-corrected chi connectivity index (χ1v) is 2.96. The molecule has 5 heteroatoms. The van der Waals surface area contributed by atoms with E-state index in [1.807, 2.05) is 6.92 Å². The molecule has 0 saturated heterocycles. The van der Waals surface area contributed by atoms with Crippen molar-refractivity contribution in [1.29, 1.82) is 0 Å². The second-order valence-electron chi connectivity index (χ2n) is 1.48. The molecular formula is C5H10N4O. The Balaban J connectivity index is 3.56. The van der Waals surface area contributed by atoms with Crippen molar-refractivity contribution >= 4 is 5.90 Å². The molecule has 0 aliphatic carbocycles. The lowest BCUT2D eigenvalue weighted by atomic mass is 10.7. The second-order valence-corrected chi connectivity index (χ2v) is 1.48. The number of hydrogen-bond donors (Lipinski definition) is 0. The molecule has 0 heterocycles. The Bertz CT molecular complexity index is 159. The summed E-state index contributed by atoms with van der Waals surface area (Å²) < 4.78 is 4.96. The molecule has 0 amide bonds. The number of aliphatic imine (C=N–C) groups is 1. The van der Waals surface area contributed by atoms with Crippen molar-refractivity contribution in [2.75, 3.05) is 13.3 Å². The van der Waals surface area contributed by atoms with E-state index in [0.29, 0.717) is 12.5 Å². The van der Waals surface area contributed by atoms with Crippen LogP contribution in [0.3, 0.4) is 0 Å². The smallest absolute Gasteiger partial charge is 0.180 e. The van der Waals surface area contributed by atoms with Crippen LogP contribution in [0, 0.1) is 0 Å². The van der Waals surface area contributed by atoms with E-state index in [4.69, 9.17) is 10.3 Å². The van der Waals surface area contributed by atoms with Crippen molar-refractivity contribution in [2.24, 2.45) is 10.1 Å². The van der Waals surface area contributed by atoms with Gasteiger partial charge in [-0.25, -0.2) is 4.99 Å². The minimum absolute atomic E-state index is 0.113. The third kappa shape index (κ3) is 4.93. The maximum absolute atomic E-state index is 7.86. The SMILES string of the molecule is CCOC(C)=NCN=[N+]=[N-]. The van der Waals surface area contributed by atoms with E-state index >= 15 is 0 Å². The summed E-state index contributed by atoms with van der Waals surface area (Å²) in [6.45, 7) is 4.29. The molecule has 0 bridgehead atoms. The van der Waals surface area contributed by atoms with Gasteiger partial charge >= 0.3 is 0 Å². The molecular weight excluding hydrogens is 132 g/mol. The van der Waals surface area contributed by atoms with Crippen LogP contribution in [0.15, 0.2) is 10.1 Å². The van der Waals surface area contributed by atoms with Gasteiger partial charge in [-0.3, -0.25) is 0 Å². The predicted octanol–water partition coefficient (Wildman–Crippen LogP) is 1.71. The zero-order valence-electron chi connectivity index (χ0n) is 6.11. The van der Waals surface area contributed by atoms with Crippen LogP contribution in [0.25, 0.3) is 10.4 Å². The van der Waals surface area contributed by atoms with Gasteiger partial charge in [0, 0.05) is 11.8 Å². The van der Waals surface area contributed by atoms with Crippen LogP contribution in [-0.4, -0.2) is 19.2 Å². The lowest BCUT2D eigenvalue weighted by molar-refractivity contribution is 0.323. The third-order valence-electron chi connectivity index (χ3n) is 0.773. The summed E-state index contributed by atoms with van der Waals surface area (Å²) in [5.41, 5.74) is 7.86. The van der Waals surface area contributed by atoms with Gasteiger partial charge in [-0.1, -0.05) is 5.11 Å². The Labute approximate surface area is 59.3 Å². The maximum Gasteiger partial charge on any atom is 0.180 e. The molecule has 0 N–H and O–H groups in total. The Hall–Kier alpha value is -1.22. The Morgan fingerprint density at radius 3 is 2.90 bits per heavy atom. The fourth-order valence-electron chi connectivity index (χ4n) is 0.414. The van der Waals surface area contributed by atoms with E-state index in [1.54, 1.807) is 6.92 Å². The van der Waals surface area contributed by atoms with Crippen molar-refractivity contribution < 1.29 is 4.74 Å². The number of rotatable bonds is 3. The molecule has 0 atom stereocenters. The first kappa shape index (κ1) is 8.78. The van der Waals surface area contributed by atoms with Crippen molar-refractivity contribution in [2.45, 2.75) is 13.8 Å². The topological polar surface area (TPSA) is 70.4 Å². The molecule has 0 aliphatic rings. The average Bonchev–Trinajstić information content (AvgIpc) is 1.89. The molecule has 0 rings (SSSR count). The van der Waals surface area contributed by atoms with Crippen molar-refractivity contribution in [3.05, 3.63) is 10.4 Å². The Morgan fingerprint density at radius 1 is 1.70 bits per heavy atom. The highest BCUT2D eigenvalue weighted by Gasteiger charge is 1.84. The van der Waals surface area contributed by atoms with Crippen molar-refractivity contribution in [3.8, 4) is 0 Å². The highest BCUT2D eigenvalue weighted by molar-refractivity contribution is 5.72. The molecule has 0 aliphatic heterocycles. The zero-order chi connectivity index (χ0) is 7.82. The quantitative estimate of drug-likeness (QED) is 0.194. The van der Waals surface area contributed by atoms with Crippen LogP contribution in [0.1, 0.15) is 13.8 Å². The molecule has 0 saturated carbocycles. The van der Waals surface area contributed by atoms with Crippen LogP contribution in [0.2, 0.25) is 0 Å². The van der Waals surface area contributed by atoms with Gasteiger partial charge in [0.2, 0.25) is 0 Å². The largest absolute Gasteiger partial charge is 0.481 e. The molecule has 0 aromatic carbocycles. The van der Waals surface area contributed by atoms with Crippen LogP contribution < -0.4 is 0 Å². The first-order chi connectivity index (χ1) is 4.81. The number of ether oxygens (including phenoxy) is 1. The maximum atomic E-state index is 7.86. The van der Waals surface area contributed by atoms with Crippen LogP contribution in [0.5, 0.6) is 0 Å². The lowest BCUT2D eigenvalue weighted by Crippen LogP contribution is -1.98. The van der Waals surface area contributed by atoms with Gasteiger partial charge in [0.15, 0.2) is 5.90 Å². The fourth-order valence-corrected chi connectivity index (χ4v) is 0.414. The van der Waals surface area contributed by atoms with Gasteiger partial charge in [-0.2, -0.15) is 0 Å². The fraction of sp³-hybridized carbons (Fsp3) is 0.800. The summed E-state index contributed by atoms with van der Waals surface area (Å²) in [6.07, 6.45) is 0. The molecule has 56 valence electrons. The monoisotopic (exact) mass is 142 g/mol. The normalized spacial score (nSPS) is 10.4.